The van der Waals surface area contributed by atoms with Crippen LogP contribution in [0, 0.1) is 0 Å². The maximum Gasteiger partial charge on any atom is 0.123 e. The number of nitrogens with two attached hydrogens (primary N) is 1. The van der Waals surface area contributed by atoms with Crippen LogP contribution >= 0.6 is 15.9 Å². The molecule has 0 saturated heterocycles. The maximum absolute atomic E-state index is 5.66. The van der Waals surface area contributed by atoms with E-state index in [2.05, 4.69) is 20.9 Å². The summed E-state index contributed by atoms with van der Waals surface area (Å²) in [6, 6.07) is 11.7. The summed E-state index contributed by atoms with van der Waals surface area (Å²) in [6.45, 7) is 0.693. The second kappa shape index (κ2) is 6.40. The Hall–Kier alpha value is -1.55. The predicted octanol–water partition coefficient (Wildman–Crippen LogP) is 3.44. The Bertz CT molecular complexity index is 469. The monoisotopic (exact) mass is 306 g/mol. The molecule has 1 heterocycles. The minimum atomic E-state index is 0.570. The zero-order chi connectivity index (χ0) is 12.8. The van der Waals surface area contributed by atoms with Crippen LogP contribution in [0.2, 0.25) is 0 Å². The van der Waals surface area contributed by atoms with Crippen LogP contribution in [0.5, 0.6) is 5.75 Å². The third kappa shape index (κ3) is 4.04. The van der Waals surface area contributed by atoms with E-state index in [0.717, 1.165) is 23.1 Å². The highest BCUT2D eigenvalue weighted by atomic mass is 79.9. The van der Waals surface area contributed by atoms with Crippen molar-refractivity contribution < 1.29 is 4.74 Å². The van der Waals surface area contributed by atoms with Crippen LogP contribution in [-0.2, 0) is 6.42 Å². The lowest BCUT2D eigenvalue weighted by Gasteiger charge is -2.06. The largest absolute Gasteiger partial charge is 0.494 e. The van der Waals surface area contributed by atoms with E-state index < -0.39 is 0 Å². The molecule has 0 aliphatic heterocycles. The Kier molecular flexibility index (Phi) is 4.59. The number of aromatic nitrogens is 1. The number of nitrogens with zero attached hydrogens (tertiary/aromatic N) is 1. The molecule has 0 saturated carbocycles. The number of hydrogen-bond acceptors (Lipinski definition) is 3. The number of pyridine rings is 1. The standard InChI is InChI=1S/C14H15BrN2O/c15-12-4-1-5-13(10-12)18-8-2-3-11-6-7-17-14(16)9-11/h1,4-7,9-10H,2-3,8H2,(H2,16,17). The minimum absolute atomic E-state index is 0.570. The van der Waals surface area contributed by atoms with Crippen LogP contribution in [0.4, 0.5) is 5.82 Å². The molecule has 0 aliphatic rings. The average Bonchev–Trinajstić information content (AvgIpc) is 2.35. The lowest BCUT2D eigenvalue weighted by Crippen LogP contribution is -2.00. The van der Waals surface area contributed by atoms with Crippen LogP contribution < -0.4 is 10.5 Å². The van der Waals surface area contributed by atoms with Crippen molar-refractivity contribution >= 4 is 21.7 Å². The number of rotatable bonds is 5. The number of anilines is 1. The third-order valence-corrected chi connectivity index (χ3v) is 3.01. The van der Waals surface area contributed by atoms with Crippen LogP contribution in [0.25, 0.3) is 0 Å². The Morgan fingerprint density at radius 3 is 2.89 bits per heavy atom. The van der Waals surface area contributed by atoms with Gasteiger partial charge in [0.1, 0.15) is 11.6 Å². The number of nitrogen functional groups attached to an aromatic ring is 1. The van der Waals surface area contributed by atoms with E-state index >= 15 is 0 Å². The molecule has 3 nitrogen and oxygen atoms in total. The van der Waals surface area contributed by atoms with Gasteiger partial charge in [0.2, 0.25) is 0 Å². The number of benzene rings is 1. The van der Waals surface area contributed by atoms with Crippen molar-refractivity contribution in [1.82, 2.24) is 4.98 Å². The summed E-state index contributed by atoms with van der Waals surface area (Å²) in [5.41, 5.74) is 6.82. The fourth-order valence-corrected chi connectivity index (χ4v) is 2.05. The molecular formula is C14H15BrN2O. The van der Waals surface area contributed by atoms with Gasteiger partial charge >= 0.3 is 0 Å². The molecule has 1 aromatic carbocycles. The van der Waals surface area contributed by atoms with E-state index in [0.29, 0.717) is 12.4 Å². The summed E-state index contributed by atoms with van der Waals surface area (Å²) in [5.74, 6) is 1.46. The van der Waals surface area contributed by atoms with Crippen LogP contribution in [0.3, 0.4) is 0 Å². The molecule has 0 bridgehead atoms. The first kappa shape index (κ1) is 12.9. The average molecular weight is 307 g/mol. The van der Waals surface area contributed by atoms with E-state index in [1.807, 2.05) is 36.4 Å². The highest BCUT2D eigenvalue weighted by molar-refractivity contribution is 9.10. The van der Waals surface area contributed by atoms with Gasteiger partial charge in [0.05, 0.1) is 6.61 Å². The minimum Gasteiger partial charge on any atom is -0.494 e. The molecule has 0 spiro atoms. The molecule has 1 aromatic heterocycles. The molecule has 4 heteroatoms. The molecule has 2 aromatic rings. The second-order valence-corrected chi connectivity index (χ2v) is 4.91. The van der Waals surface area contributed by atoms with E-state index in [-0.39, 0.29) is 0 Å². The highest BCUT2D eigenvalue weighted by Crippen LogP contribution is 2.18. The second-order valence-electron chi connectivity index (χ2n) is 4.00. The van der Waals surface area contributed by atoms with Gasteiger partial charge in [0.15, 0.2) is 0 Å². The van der Waals surface area contributed by atoms with Crippen LogP contribution in [0.15, 0.2) is 47.1 Å². The smallest absolute Gasteiger partial charge is 0.123 e. The zero-order valence-electron chi connectivity index (χ0n) is 9.97. The topological polar surface area (TPSA) is 48.1 Å². The molecule has 0 amide bonds. The predicted molar refractivity (Wildman–Crippen MR) is 76.6 cm³/mol. The summed E-state index contributed by atoms with van der Waals surface area (Å²) in [7, 11) is 0. The summed E-state index contributed by atoms with van der Waals surface area (Å²) in [4.78, 5) is 3.97. The molecule has 0 unspecified atom stereocenters. The quantitative estimate of drug-likeness (QED) is 0.861. The van der Waals surface area contributed by atoms with Crippen molar-refractivity contribution in [2.24, 2.45) is 0 Å². The maximum atomic E-state index is 5.66. The molecule has 2 rings (SSSR count). The molecule has 0 atom stereocenters. The normalized spacial score (nSPS) is 10.3. The van der Waals surface area contributed by atoms with Crippen LogP contribution in [0.1, 0.15) is 12.0 Å². The number of ether oxygens (including phenoxy) is 1. The van der Waals surface area contributed by atoms with Gasteiger partial charge < -0.3 is 10.5 Å². The van der Waals surface area contributed by atoms with E-state index in [9.17, 15) is 0 Å². The van der Waals surface area contributed by atoms with Crippen molar-refractivity contribution in [3.63, 3.8) is 0 Å². The molecule has 2 N–H and O–H groups in total. The summed E-state index contributed by atoms with van der Waals surface area (Å²) < 4.78 is 6.69. The van der Waals surface area contributed by atoms with Crippen molar-refractivity contribution in [2.45, 2.75) is 12.8 Å². The van der Waals surface area contributed by atoms with Crippen molar-refractivity contribution in [3.05, 3.63) is 52.6 Å². The number of aryl methyl sites for hydroxylation is 1. The Labute approximate surface area is 115 Å². The van der Waals surface area contributed by atoms with Gasteiger partial charge in [-0.3, -0.25) is 0 Å². The van der Waals surface area contributed by atoms with Crippen LogP contribution in [-0.4, -0.2) is 11.6 Å². The molecule has 94 valence electrons. The first-order chi connectivity index (χ1) is 8.74. The Morgan fingerprint density at radius 2 is 2.11 bits per heavy atom. The fourth-order valence-electron chi connectivity index (χ4n) is 1.67. The van der Waals surface area contributed by atoms with Crippen molar-refractivity contribution in [3.8, 4) is 5.75 Å². The number of halogens is 1. The Balaban J connectivity index is 1.76. The molecule has 0 radical (unpaired) electrons. The Morgan fingerprint density at radius 1 is 1.22 bits per heavy atom. The summed E-state index contributed by atoms with van der Waals surface area (Å²) in [5, 5.41) is 0. The van der Waals surface area contributed by atoms with Crippen molar-refractivity contribution in [2.75, 3.05) is 12.3 Å². The highest BCUT2D eigenvalue weighted by Gasteiger charge is 1.97. The summed E-state index contributed by atoms with van der Waals surface area (Å²) in [6.07, 6.45) is 3.64. The zero-order valence-corrected chi connectivity index (χ0v) is 11.6. The van der Waals surface area contributed by atoms with Gasteiger partial charge in [-0.1, -0.05) is 22.0 Å². The van der Waals surface area contributed by atoms with Gasteiger partial charge in [0.25, 0.3) is 0 Å². The van der Waals surface area contributed by atoms with Gasteiger partial charge in [-0.2, -0.15) is 0 Å². The first-order valence-corrected chi connectivity index (χ1v) is 6.62. The molecule has 0 aliphatic carbocycles. The van der Waals surface area contributed by atoms with Gasteiger partial charge in [-0.05, 0) is 48.7 Å². The molecule has 18 heavy (non-hydrogen) atoms. The molecular weight excluding hydrogens is 292 g/mol. The van der Waals surface area contributed by atoms with Gasteiger partial charge in [0, 0.05) is 10.7 Å². The van der Waals surface area contributed by atoms with Gasteiger partial charge in [-0.15, -0.1) is 0 Å². The number of hydrogen-bond donors (Lipinski definition) is 1. The SMILES string of the molecule is Nc1cc(CCCOc2cccc(Br)c2)ccn1. The van der Waals surface area contributed by atoms with Crippen molar-refractivity contribution in [1.29, 1.82) is 0 Å². The first-order valence-electron chi connectivity index (χ1n) is 5.83. The third-order valence-electron chi connectivity index (χ3n) is 2.52. The van der Waals surface area contributed by atoms with E-state index in [1.165, 1.54) is 5.56 Å². The van der Waals surface area contributed by atoms with E-state index in [4.69, 9.17) is 10.5 Å². The van der Waals surface area contributed by atoms with E-state index in [1.54, 1.807) is 6.20 Å². The fraction of sp³-hybridized carbons (Fsp3) is 0.214. The van der Waals surface area contributed by atoms with Gasteiger partial charge in [-0.25, -0.2) is 4.98 Å². The lowest BCUT2D eigenvalue weighted by atomic mass is 10.1. The summed E-state index contributed by atoms with van der Waals surface area (Å²) >= 11 is 3.41. The lowest BCUT2D eigenvalue weighted by molar-refractivity contribution is 0.311. The molecule has 0 fully saturated rings.